The molecule has 1 aliphatic rings. The number of aromatic nitrogens is 1. The van der Waals surface area contributed by atoms with Crippen LogP contribution in [-0.4, -0.2) is 10.4 Å². The number of rotatable bonds is 4. The van der Waals surface area contributed by atoms with Crippen molar-refractivity contribution in [2.45, 2.75) is 4.90 Å². The van der Waals surface area contributed by atoms with E-state index in [1.54, 1.807) is 11.8 Å². The number of allylic oxidation sites excluding steroid dienone is 1. The fraction of sp³-hybridized carbons (Fsp3) is 0. The Balaban J connectivity index is 1.62. The first-order valence-electron chi connectivity index (χ1n) is 11.2. The van der Waals surface area contributed by atoms with E-state index in [2.05, 4.69) is 89.5 Å². The van der Waals surface area contributed by atoms with E-state index in [-0.39, 0.29) is 5.78 Å². The van der Waals surface area contributed by atoms with Crippen molar-refractivity contribution in [1.82, 2.24) is 4.57 Å². The Morgan fingerprint density at radius 2 is 1.24 bits per heavy atom. The molecule has 6 rings (SSSR count). The molecule has 0 spiro atoms. The number of carbonyl (C=O) groups is 1. The van der Waals surface area contributed by atoms with Gasteiger partial charge in [-0.15, -0.1) is 0 Å². The van der Waals surface area contributed by atoms with Gasteiger partial charge >= 0.3 is 0 Å². The third-order valence-corrected chi connectivity index (χ3v) is 7.12. The number of hydrogen-bond acceptors (Lipinski definition) is 2. The lowest BCUT2D eigenvalue weighted by Crippen LogP contribution is -2.00. The van der Waals surface area contributed by atoms with Gasteiger partial charge in [-0.05, 0) is 47.5 Å². The van der Waals surface area contributed by atoms with Gasteiger partial charge in [0.2, 0.25) is 5.78 Å². The molecule has 0 saturated heterocycles. The highest BCUT2D eigenvalue weighted by atomic mass is 32.2. The van der Waals surface area contributed by atoms with E-state index in [0.29, 0.717) is 0 Å². The average Bonchev–Trinajstić information content (AvgIpc) is 3.44. The third kappa shape index (κ3) is 3.60. The minimum absolute atomic E-state index is 0.0910. The van der Waals surface area contributed by atoms with Crippen LogP contribution in [0.3, 0.4) is 0 Å². The molecule has 4 aromatic carbocycles. The number of benzene rings is 4. The summed E-state index contributed by atoms with van der Waals surface area (Å²) in [4.78, 5) is 15.0. The molecule has 0 atom stereocenters. The topological polar surface area (TPSA) is 22.0 Å². The van der Waals surface area contributed by atoms with Crippen LogP contribution in [0.4, 0.5) is 0 Å². The maximum atomic E-state index is 13.2. The van der Waals surface area contributed by atoms with E-state index < -0.39 is 0 Å². The van der Waals surface area contributed by atoms with Gasteiger partial charge in [0.05, 0.1) is 16.3 Å². The second-order valence-electron chi connectivity index (χ2n) is 8.17. The predicted molar refractivity (Wildman–Crippen MR) is 141 cm³/mol. The molecule has 5 aromatic rings. The van der Waals surface area contributed by atoms with Gasteiger partial charge in [0.15, 0.2) is 0 Å². The Hall–Kier alpha value is -4.08. The van der Waals surface area contributed by atoms with E-state index in [9.17, 15) is 4.79 Å². The number of carbonyl (C=O) groups excluding carboxylic acids is 1. The van der Waals surface area contributed by atoms with Crippen LogP contribution >= 0.6 is 11.8 Å². The Morgan fingerprint density at radius 1 is 0.647 bits per heavy atom. The Kier molecular flexibility index (Phi) is 5.25. The predicted octanol–water partition coefficient (Wildman–Crippen LogP) is 8.14. The van der Waals surface area contributed by atoms with E-state index >= 15 is 0 Å². The van der Waals surface area contributed by atoms with Gasteiger partial charge in [0.25, 0.3) is 0 Å². The van der Waals surface area contributed by atoms with Gasteiger partial charge in [-0.2, -0.15) is 0 Å². The zero-order chi connectivity index (χ0) is 22.9. The highest BCUT2D eigenvalue weighted by Crippen LogP contribution is 2.43. The molecule has 0 bridgehead atoms. The summed E-state index contributed by atoms with van der Waals surface area (Å²) in [5.41, 5.74) is 7.28. The van der Waals surface area contributed by atoms with E-state index in [1.165, 1.54) is 0 Å². The summed E-state index contributed by atoms with van der Waals surface area (Å²) in [7, 11) is 0. The van der Waals surface area contributed by atoms with Crippen molar-refractivity contribution in [3.63, 3.8) is 0 Å². The Labute approximate surface area is 203 Å². The zero-order valence-electron chi connectivity index (χ0n) is 18.4. The molecule has 1 aliphatic heterocycles. The smallest absolute Gasteiger partial charge is 0.200 e. The van der Waals surface area contributed by atoms with Gasteiger partial charge in [-0.25, -0.2) is 0 Å². The maximum Gasteiger partial charge on any atom is 0.200 e. The summed E-state index contributed by atoms with van der Waals surface area (Å²) < 4.78 is 2.30. The summed E-state index contributed by atoms with van der Waals surface area (Å²) in [6.45, 7) is 0. The molecule has 0 saturated carbocycles. The number of nitrogens with zero attached hydrogens (tertiary/aromatic N) is 1. The standard InChI is InChI=1S/C31H21NOS/c33-31-26-18-10-11-19-28(26)34-29(31)21-24-20-27(22-12-4-1-5-13-22)32(25-16-8-3-9-17-25)30(24)23-14-6-2-7-15-23/h1-21H/b29-21-. The highest BCUT2D eigenvalue weighted by molar-refractivity contribution is 8.04. The first-order chi connectivity index (χ1) is 16.8. The van der Waals surface area contributed by atoms with Crippen molar-refractivity contribution in [3.8, 4) is 28.2 Å². The van der Waals surface area contributed by atoms with Crippen molar-refractivity contribution in [3.05, 3.63) is 137 Å². The van der Waals surface area contributed by atoms with Crippen LogP contribution in [0.5, 0.6) is 0 Å². The number of para-hydroxylation sites is 1. The van der Waals surface area contributed by atoms with Gasteiger partial charge in [-0.3, -0.25) is 4.79 Å². The highest BCUT2D eigenvalue weighted by Gasteiger charge is 2.27. The van der Waals surface area contributed by atoms with Crippen LogP contribution in [0.15, 0.2) is 131 Å². The first kappa shape index (κ1) is 20.5. The minimum atomic E-state index is 0.0910. The van der Waals surface area contributed by atoms with Crippen LogP contribution in [0.25, 0.3) is 34.3 Å². The van der Waals surface area contributed by atoms with Gasteiger partial charge in [0.1, 0.15) is 0 Å². The lowest BCUT2D eigenvalue weighted by molar-refractivity contribution is 0.104. The molecule has 2 heterocycles. The fourth-order valence-corrected chi connectivity index (χ4v) is 5.52. The SMILES string of the molecule is O=C1/C(=C/c2cc(-c3ccccc3)n(-c3ccccc3)c2-c2ccccc2)Sc2ccccc21. The minimum Gasteiger partial charge on any atom is -0.309 e. The number of thioether (sulfide) groups is 1. The molecule has 0 radical (unpaired) electrons. The van der Waals surface area contributed by atoms with Crippen molar-refractivity contribution in [2.24, 2.45) is 0 Å². The molecule has 1 aromatic heterocycles. The summed E-state index contributed by atoms with van der Waals surface area (Å²) in [5, 5.41) is 0. The van der Waals surface area contributed by atoms with Crippen LogP contribution in [0, 0.1) is 0 Å². The Morgan fingerprint density at radius 3 is 1.91 bits per heavy atom. The maximum absolute atomic E-state index is 13.2. The Bertz CT molecular complexity index is 1520. The van der Waals surface area contributed by atoms with Gasteiger partial charge in [-0.1, -0.05) is 103 Å². The quantitative estimate of drug-likeness (QED) is 0.255. The fourth-order valence-electron chi connectivity index (χ4n) is 4.48. The number of fused-ring (bicyclic) bond motifs is 1. The molecule has 0 amide bonds. The van der Waals surface area contributed by atoms with Crippen LogP contribution in [0.1, 0.15) is 15.9 Å². The van der Waals surface area contributed by atoms with Crippen LogP contribution in [-0.2, 0) is 0 Å². The van der Waals surface area contributed by atoms with Crippen LogP contribution in [0.2, 0.25) is 0 Å². The molecule has 0 aliphatic carbocycles. The molecule has 2 nitrogen and oxygen atoms in total. The molecule has 162 valence electrons. The molecule has 0 fully saturated rings. The van der Waals surface area contributed by atoms with Crippen molar-refractivity contribution in [2.75, 3.05) is 0 Å². The van der Waals surface area contributed by atoms with Crippen molar-refractivity contribution >= 4 is 23.6 Å². The number of ketones is 1. The lowest BCUT2D eigenvalue weighted by atomic mass is 10.1. The van der Waals surface area contributed by atoms with Crippen molar-refractivity contribution < 1.29 is 4.79 Å². The largest absolute Gasteiger partial charge is 0.309 e. The number of Topliss-reactive ketones (excluding diaryl/α,β-unsaturated/α-hetero) is 1. The molecule has 3 heteroatoms. The monoisotopic (exact) mass is 455 g/mol. The molecule has 0 unspecified atom stereocenters. The summed E-state index contributed by atoms with van der Waals surface area (Å²) in [6, 6.07) is 41.3. The van der Waals surface area contributed by atoms with Crippen molar-refractivity contribution in [1.29, 1.82) is 0 Å². The van der Waals surface area contributed by atoms with Crippen LogP contribution < -0.4 is 0 Å². The summed E-state index contributed by atoms with van der Waals surface area (Å²) in [6.07, 6.45) is 2.06. The zero-order valence-corrected chi connectivity index (χ0v) is 19.2. The molecule has 0 N–H and O–H groups in total. The molecular formula is C31H21NOS. The molecule has 34 heavy (non-hydrogen) atoms. The van der Waals surface area contributed by atoms with E-state index in [0.717, 1.165) is 49.1 Å². The normalized spacial score (nSPS) is 13.9. The van der Waals surface area contributed by atoms with Gasteiger partial charge in [0, 0.05) is 21.7 Å². The second kappa shape index (κ2) is 8.69. The van der Waals surface area contributed by atoms with Gasteiger partial charge < -0.3 is 4.57 Å². The second-order valence-corrected chi connectivity index (χ2v) is 9.26. The van der Waals surface area contributed by atoms with E-state index in [4.69, 9.17) is 0 Å². The van der Waals surface area contributed by atoms with E-state index in [1.807, 2.05) is 42.5 Å². The summed E-state index contributed by atoms with van der Waals surface area (Å²) in [5.74, 6) is 0.0910. The number of hydrogen-bond donors (Lipinski definition) is 0. The lowest BCUT2D eigenvalue weighted by Gasteiger charge is -2.15. The molecular weight excluding hydrogens is 434 g/mol. The average molecular weight is 456 g/mol. The summed E-state index contributed by atoms with van der Waals surface area (Å²) >= 11 is 1.55. The third-order valence-electron chi connectivity index (χ3n) is 6.02. The first-order valence-corrected chi connectivity index (χ1v) is 12.1.